The van der Waals surface area contributed by atoms with Gasteiger partial charge in [-0.15, -0.1) is 0 Å². The minimum absolute atomic E-state index is 0.0266. The highest BCUT2D eigenvalue weighted by molar-refractivity contribution is 7.90. The molecule has 2 N–H and O–H groups in total. The van der Waals surface area contributed by atoms with Gasteiger partial charge in [0.1, 0.15) is 23.2 Å². The summed E-state index contributed by atoms with van der Waals surface area (Å²) < 4.78 is 68.7. The summed E-state index contributed by atoms with van der Waals surface area (Å²) in [6.45, 7) is 3.65. The number of rotatable bonds is 10. The van der Waals surface area contributed by atoms with Gasteiger partial charge in [-0.05, 0) is 91.5 Å². The van der Waals surface area contributed by atoms with Crippen molar-refractivity contribution in [3.05, 3.63) is 81.9 Å². The quantitative estimate of drug-likeness (QED) is 0.191. The molecule has 0 spiro atoms. The Morgan fingerprint density at radius 3 is 2.47 bits per heavy atom. The van der Waals surface area contributed by atoms with Crippen LogP contribution in [0.3, 0.4) is 0 Å². The molecule has 4 aliphatic rings. The van der Waals surface area contributed by atoms with E-state index in [1.165, 1.54) is 30.1 Å². The topological polar surface area (TPSA) is 188 Å². The molecule has 2 aliphatic carbocycles. The highest BCUT2D eigenvalue weighted by Gasteiger charge is 2.58. The number of urea groups is 1. The summed E-state index contributed by atoms with van der Waals surface area (Å²) in [6, 6.07) is 11.6. The summed E-state index contributed by atoms with van der Waals surface area (Å²) in [4.78, 5) is 46.5. The molecule has 60 heavy (non-hydrogen) atoms. The number of carbonyl (C=O) groups excluding carboxylic acids is 2. The van der Waals surface area contributed by atoms with Crippen LogP contribution in [0.5, 0.6) is 11.5 Å². The van der Waals surface area contributed by atoms with Gasteiger partial charge in [-0.1, -0.05) is 6.92 Å². The molecule has 4 heterocycles. The lowest BCUT2D eigenvalue weighted by Gasteiger charge is -2.36. The second-order valence-electron chi connectivity index (χ2n) is 16.0. The van der Waals surface area contributed by atoms with Crippen LogP contribution in [0.2, 0.25) is 0 Å². The predicted octanol–water partition coefficient (Wildman–Crippen LogP) is 5.11. The van der Waals surface area contributed by atoms with E-state index in [9.17, 15) is 28.1 Å². The predicted molar refractivity (Wildman–Crippen MR) is 217 cm³/mol. The smallest absolute Gasteiger partial charge is 0.329 e. The second-order valence-corrected chi connectivity index (χ2v) is 17.8. The monoisotopic (exact) mass is 840 g/mol. The minimum atomic E-state index is -4.02. The van der Waals surface area contributed by atoms with Crippen LogP contribution in [-0.2, 0) is 22.1 Å². The van der Waals surface area contributed by atoms with Gasteiger partial charge in [-0.3, -0.25) is 38.7 Å². The van der Waals surface area contributed by atoms with Gasteiger partial charge in [0.05, 0.1) is 28.4 Å². The van der Waals surface area contributed by atoms with Crippen LogP contribution in [-0.4, -0.2) is 88.2 Å². The fraction of sp³-hybridized carbons (Fsp3) is 0.415. The van der Waals surface area contributed by atoms with E-state index in [4.69, 9.17) is 4.74 Å². The molecule has 2 aromatic heterocycles. The number of likely N-dealkylation sites (tertiary alicyclic amines) is 1. The van der Waals surface area contributed by atoms with E-state index < -0.39 is 27.8 Å². The van der Waals surface area contributed by atoms with Gasteiger partial charge in [0.15, 0.2) is 17.4 Å². The molecule has 2 aliphatic heterocycles. The summed E-state index contributed by atoms with van der Waals surface area (Å²) in [5.74, 6) is -1.07. The Bertz CT molecular complexity index is 2800. The first-order valence-corrected chi connectivity index (χ1v) is 21.4. The third-order valence-electron chi connectivity index (χ3n) is 12.7. The molecule has 16 nitrogen and oxygen atoms in total. The van der Waals surface area contributed by atoms with Crippen LogP contribution < -0.4 is 25.2 Å². The molecular formula is C41H42F2N10O6S. The Hall–Kier alpha value is -5.97. The number of amides is 3. The maximum Gasteiger partial charge on any atom is 0.329 e. The summed E-state index contributed by atoms with van der Waals surface area (Å²) in [5, 5.41) is 17.5. The number of nitriles is 1. The van der Waals surface area contributed by atoms with Crippen molar-refractivity contribution in [1.82, 2.24) is 33.9 Å². The Morgan fingerprint density at radius 1 is 1.02 bits per heavy atom. The van der Waals surface area contributed by atoms with Crippen molar-refractivity contribution in [2.75, 3.05) is 42.8 Å². The minimum Gasteiger partial charge on any atom is -0.453 e. The van der Waals surface area contributed by atoms with Crippen molar-refractivity contribution in [2.45, 2.75) is 57.0 Å². The Labute approximate surface area is 343 Å². The van der Waals surface area contributed by atoms with E-state index in [1.807, 2.05) is 12.1 Å². The van der Waals surface area contributed by atoms with E-state index in [0.717, 1.165) is 60.7 Å². The lowest BCUT2D eigenvalue weighted by Crippen LogP contribution is -2.49. The number of nitrogens with one attached hydrogen (secondary N) is 2. The van der Waals surface area contributed by atoms with E-state index in [-0.39, 0.29) is 83.0 Å². The van der Waals surface area contributed by atoms with Crippen LogP contribution in [0.25, 0.3) is 21.8 Å². The van der Waals surface area contributed by atoms with Crippen LogP contribution in [0.4, 0.5) is 25.1 Å². The standard InChI is InChI=1S/C41H42F2N10O6S/c1-4-49(2)60(57,58)48-34-12-10-31(42)38(28(34)18-44)59-24-9-11-33-26(15-24)40(55)53(21-45-33)37-29-19-51(20-30(29)37)23-7-5-22(6-8-23)25-17-35-27(16-32(25)43)39(47-50(35)3)52-14-13-36(54)46-41(52)56/h9-12,15-17,21-23,29-30,37,48H,4-8,13-14,19-20H2,1-3H3,(H,46,54,56)/t22?,23?,29-,30+,37?. The number of carbonyl (C=O) groups is 2. The zero-order chi connectivity index (χ0) is 42.2. The van der Waals surface area contributed by atoms with E-state index in [2.05, 4.69) is 25.0 Å². The number of hydrogen-bond donors (Lipinski definition) is 2. The van der Waals surface area contributed by atoms with Crippen molar-refractivity contribution < 1.29 is 31.5 Å². The molecular weight excluding hydrogens is 799 g/mol. The molecule has 3 amide bonds. The number of aromatic nitrogens is 4. The first-order valence-electron chi connectivity index (χ1n) is 19.9. The largest absolute Gasteiger partial charge is 0.453 e. The van der Waals surface area contributed by atoms with Crippen LogP contribution >= 0.6 is 0 Å². The Balaban J connectivity index is 0.856. The van der Waals surface area contributed by atoms with Gasteiger partial charge < -0.3 is 4.74 Å². The van der Waals surface area contributed by atoms with Gasteiger partial charge in [0, 0.05) is 64.2 Å². The highest BCUT2D eigenvalue weighted by Crippen LogP contribution is 2.56. The maximum atomic E-state index is 15.8. The lowest BCUT2D eigenvalue weighted by molar-refractivity contribution is -0.120. The normalized spacial score (nSPS) is 23.2. The third-order valence-corrected chi connectivity index (χ3v) is 14.3. The summed E-state index contributed by atoms with van der Waals surface area (Å²) in [5.41, 5.74) is 1.01. The second kappa shape index (κ2) is 14.9. The van der Waals surface area contributed by atoms with Crippen molar-refractivity contribution in [3.8, 4) is 17.6 Å². The summed E-state index contributed by atoms with van der Waals surface area (Å²) >= 11 is 0. The summed E-state index contributed by atoms with van der Waals surface area (Å²) in [6.07, 6.45) is 5.16. The van der Waals surface area contributed by atoms with E-state index in [1.54, 1.807) is 35.6 Å². The molecule has 19 heteroatoms. The fourth-order valence-corrected chi connectivity index (χ4v) is 10.2. The average molecular weight is 841 g/mol. The zero-order valence-electron chi connectivity index (χ0n) is 33.1. The highest BCUT2D eigenvalue weighted by atomic mass is 32.2. The van der Waals surface area contributed by atoms with Crippen molar-refractivity contribution in [2.24, 2.45) is 18.9 Å². The molecule has 9 rings (SSSR count). The molecule has 0 bridgehead atoms. The number of anilines is 2. The number of halogens is 2. The maximum absolute atomic E-state index is 15.8. The average Bonchev–Trinajstić information content (AvgIpc) is 3.53. The molecule has 1 unspecified atom stereocenters. The van der Waals surface area contributed by atoms with Gasteiger partial charge >= 0.3 is 16.2 Å². The molecule has 0 radical (unpaired) electrons. The Kier molecular flexibility index (Phi) is 9.83. The van der Waals surface area contributed by atoms with E-state index >= 15 is 8.78 Å². The molecule has 5 aromatic rings. The van der Waals surface area contributed by atoms with Crippen molar-refractivity contribution in [1.29, 1.82) is 5.26 Å². The van der Waals surface area contributed by atoms with Crippen LogP contribution in [0.1, 0.15) is 62.1 Å². The van der Waals surface area contributed by atoms with E-state index in [0.29, 0.717) is 28.3 Å². The number of fused-ring (bicyclic) bond motifs is 3. The molecule has 3 aromatic carbocycles. The fourth-order valence-electron chi connectivity index (χ4n) is 9.29. The molecule has 2 saturated carbocycles. The number of imide groups is 1. The SMILES string of the molecule is CCN(C)S(=O)(=O)Nc1ccc(F)c(Oc2ccc3ncn(C4[C@H]5CN(C6CCC(c7cc8c(cc7F)c(N7CCC(=O)NC7=O)nn8C)CC6)C[C@@H]45)c(=O)c3c2)c1C#N. The first kappa shape index (κ1) is 39.5. The number of benzene rings is 3. The Morgan fingerprint density at radius 2 is 1.77 bits per heavy atom. The number of ether oxygens (including phenoxy) is 1. The van der Waals surface area contributed by atoms with Gasteiger partial charge in [0.25, 0.3) is 5.56 Å². The van der Waals surface area contributed by atoms with Crippen molar-refractivity contribution >= 4 is 55.5 Å². The third kappa shape index (κ3) is 6.81. The van der Waals surface area contributed by atoms with Crippen LogP contribution in [0.15, 0.2) is 53.6 Å². The summed E-state index contributed by atoms with van der Waals surface area (Å²) in [7, 11) is -0.890. The van der Waals surface area contributed by atoms with Crippen molar-refractivity contribution in [3.63, 3.8) is 0 Å². The van der Waals surface area contributed by atoms with Gasteiger partial charge in [-0.25, -0.2) is 18.6 Å². The molecule has 312 valence electrons. The molecule has 2 saturated heterocycles. The number of nitrogens with zero attached hydrogens (tertiary/aromatic N) is 8. The lowest BCUT2D eigenvalue weighted by atomic mass is 9.80. The number of piperidine rings is 1. The molecule has 3 atom stereocenters. The first-order chi connectivity index (χ1) is 28.8. The van der Waals surface area contributed by atoms with Gasteiger partial charge in [-0.2, -0.15) is 23.1 Å². The number of aryl methyl sites for hydroxylation is 1. The van der Waals surface area contributed by atoms with Gasteiger partial charge in [0.2, 0.25) is 5.91 Å². The number of hydrogen-bond acceptors (Lipinski definition) is 10. The molecule has 4 fully saturated rings. The van der Waals surface area contributed by atoms with Crippen LogP contribution in [0, 0.1) is 34.8 Å². The zero-order valence-corrected chi connectivity index (χ0v) is 33.9.